The average molecular weight is 346 g/mol. The Kier molecular flexibility index (Phi) is 9.77. The molecule has 1 N–H and O–H groups in total. The van der Waals surface area contributed by atoms with Crippen molar-refractivity contribution in [2.75, 3.05) is 27.2 Å². The van der Waals surface area contributed by atoms with Crippen LogP contribution in [0.5, 0.6) is 0 Å². The number of hydrogen-bond donors (Lipinski definition) is 1. The number of nitrogens with one attached hydrogen (secondary N) is 1. The number of para-hydroxylation sites is 1. The zero-order chi connectivity index (χ0) is 14.5. The van der Waals surface area contributed by atoms with Gasteiger partial charge in [-0.05, 0) is 59.1 Å². The lowest BCUT2D eigenvalue weighted by Crippen LogP contribution is -2.20. The van der Waals surface area contributed by atoms with E-state index in [0.29, 0.717) is 6.04 Å². The number of benzene rings is 1. The van der Waals surface area contributed by atoms with Crippen molar-refractivity contribution in [2.24, 2.45) is 0 Å². The zero-order valence-electron chi connectivity index (χ0n) is 14.0. The molecule has 0 radical (unpaired) electrons. The van der Waals surface area contributed by atoms with E-state index in [1.807, 2.05) is 0 Å². The third-order valence-corrected chi connectivity index (χ3v) is 3.65. The second kappa shape index (κ2) is 10.1. The highest BCUT2D eigenvalue weighted by Gasteiger charge is 2.09. The van der Waals surface area contributed by atoms with Crippen LogP contribution in [0, 0.1) is 0 Å². The molecule has 5 heteroatoms. The smallest absolute Gasteiger partial charge is 0.0486 e. The molecule has 0 aliphatic rings. The lowest BCUT2D eigenvalue weighted by Gasteiger charge is -2.09. The van der Waals surface area contributed by atoms with Gasteiger partial charge in [-0.1, -0.05) is 18.2 Å². The monoisotopic (exact) mass is 345 g/mol. The highest BCUT2D eigenvalue weighted by atomic mass is 35.5. The Hall–Kier alpha value is -0.740. The molecule has 0 amide bonds. The van der Waals surface area contributed by atoms with Crippen LogP contribution in [0.3, 0.4) is 0 Å². The summed E-state index contributed by atoms with van der Waals surface area (Å²) < 4.78 is 2.37. The number of halogens is 2. The molecule has 0 fully saturated rings. The highest BCUT2D eigenvalue weighted by Crippen LogP contribution is 2.24. The van der Waals surface area contributed by atoms with E-state index in [0.717, 1.165) is 19.6 Å². The predicted octanol–water partition coefficient (Wildman–Crippen LogP) is 4.11. The van der Waals surface area contributed by atoms with Gasteiger partial charge in [0.2, 0.25) is 0 Å². The van der Waals surface area contributed by atoms with Crippen molar-refractivity contribution in [3.8, 4) is 0 Å². The molecule has 3 nitrogen and oxygen atoms in total. The fraction of sp³-hybridized carbons (Fsp3) is 0.529. The molecule has 1 heterocycles. The van der Waals surface area contributed by atoms with Crippen LogP contribution in [0.15, 0.2) is 30.5 Å². The molecular formula is C17H29Cl2N3. The van der Waals surface area contributed by atoms with Crippen LogP contribution >= 0.6 is 24.8 Å². The summed E-state index contributed by atoms with van der Waals surface area (Å²) in [4.78, 5) is 2.23. The minimum absolute atomic E-state index is 0. The SMILES string of the molecule is CC(C)n1cc(CNCCCN(C)C)c2ccccc21.Cl.Cl. The maximum Gasteiger partial charge on any atom is 0.0486 e. The van der Waals surface area contributed by atoms with Crippen molar-refractivity contribution >= 4 is 35.7 Å². The van der Waals surface area contributed by atoms with Crippen molar-refractivity contribution in [2.45, 2.75) is 32.9 Å². The summed E-state index contributed by atoms with van der Waals surface area (Å²) in [6.45, 7) is 7.63. The summed E-state index contributed by atoms with van der Waals surface area (Å²) in [6.07, 6.45) is 3.49. The Morgan fingerprint density at radius 2 is 1.82 bits per heavy atom. The van der Waals surface area contributed by atoms with Gasteiger partial charge in [-0.15, -0.1) is 24.8 Å². The average Bonchev–Trinajstić information content (AvgIpc) is 2.77. The summed E-state index contributed by atoms with van der Waals surface area (Å²) in [6, 6.07) is 9.19. The number of nitrogens with zero attached hydrogens (tertiary/aromatic N) is 2. The molecule has 1 aromatic heterocycles. The van der Waals surface area contributed by atoms with Crippen molar-refractivity contribution in [1.82, 2.24) is 14.8 Å². The molecule has 1 aromatic carbocycles. The molecular weight excluding hydrogens is 317 g/mol. The van der Waals surface area contributed by atoms with Crippen LogP contribution < -0.4 is 5.32 Å². The Morgan fingerprint density at radius 3 is 2.45 bits per heavy atom. The minimum Gasteiger partial charge on any atom is -0.345 e. The quantitative estimate of drug-likeness (QED) is 0.762. The van der Waals surface area contributed by atoms with Crippen LogP contribution in [0.25, 0.3) is 10.9 Å². The van der Waals surface area contributed by atoms with E-state index < -0.39 is 0 Å². The molecule has 0 aliphatic carbocycles. The molecule has 0 bridgehead atoms. The number of fused-ring (bicyclic) bond motifs is 1. The summed E-state index contributed by atoms with van der Waals surface area (Å²) in [5.41, 5.74) is 2.74. The Bertz CT molecular complexity index is 550. The van der Waals surface area contributed by atoms with Crippen LogP contribution in [-0.4, -0.2) is 36.7 Å². The molecule has 0 atom stereocenters. The first-order valence-corrected chi connectivity index (χ1v) is 7.53. The van der Waals surface area contributed by atoms with Crippen molar-refractivity contribution in [3.05, 3.63) is 36.0 Å². The van der Waals surface area contributed by atoms with Crippen LogP contribution in [0.2, 0.25) is 0 Å². The topological polar surface area (TPSA) is 20.2 Å². The standard InChI is InChI=1S/C17H27N3.2ClH/c1-14(2)20-13-15(12-18-10-7-11-19(3)4)16-8-5-6-9-17(16)20;;/h5-6,8-9,13-14,18H,7,10-12H2,1-4H3;2*1H. The van der Waals surface area contributed by atoms with Crippen LogP contribution in [0.1, 0.15) is 31.9 Å². The lowest BCUT2D eigenvalue weighted by molar-refractivity contribution is 0.394. The van der Waals surface area contributed by atoms with Gasteiger partial charge in [-0.25, -0.2) is 0 Å². The molecule has 126 valence electrons. The first-order valence-electron chi connectivity index (χ1n) is 7.53. The van der Waals surface area contributed by atoms with Crippen molar-refractivity contribution in [1.29, 1.82) is 0 Å². The Morgan fingerprint density at radius 1 is 1.14 bits per heavy atom. The van der Waals surface area contributed by atoms with E-state index in [1.165, 1.54) is 22.9 Å². The molecule has 0 saturated heterocycles. The van der Waals surface area contributed by atoms with Gasteiger partial charge in [0.25, 0.3) is 0 Å². The number of rotatable bonds is 7. The number of aromatic nitrogens is 1. The fourth-order valence-corrected chi connectivity index (χ4v) is 2.59. The van der Waals surface area contributed by atoms with Gasteiger partial charge >= 0.3 is 0 Å². The molecule has 2 aromatic rings. The fourth-order valence-electron chi connectivity index (χ4n) is 2.59. The molecule has 0 spiro atoms. The van der Waals surface area contributed by atoms with E-state index in [4.69, 9.17) is 0 Å². The summed E-state index contributed by atoms with van der Waals surface area (Å²) in [7, 11) is 4.24. The van der Waals surface area contributed by atoms with Crippen LogP contribution in [-0.2, 0) is 6.54 Å². The van der Waals surface area contributed by atoms with Gasteiger partial charge in [0.15, 0.2) is 0 Å². The van der Waals surface area contributed by atoms with Gasteiger partial charge in [-0.2, -0.15) is 0 Å². The third-order valence-electron chi connectivity index (χ3n) is 3.65. The Labute approximate surface area is 146 Å². The van der Waals surface area contributed by atoms with Gasteiger partial charge in [0.05, 0.1) is 0 Å². The van der Waals surface area contributed by atoms with E-state index in [9.17, 15) is 0 Å². The first kappa shape index (κ1) is 21.3. The maximum atomic E-state index is 3.56. The molecule has 22 heavy (non-hydrogen) atoms. The van der Waals surface area contributed by atoms with Gasteiger partial charge < -0.3 is 14.8 Å². The summed E-state index contributed by atoms with van der Waals surface area (Å²) in [5, 5.41) is 4.94. The normalized spacial score (nSPS) is 10.8. The van der Waals surface area contributed by atoms with Crippen molar-refractivity contribution < 1.29 is 0 Å². The van der Waals surface area contributed by atoms with E-state index in [1.54, 1.807) is 0 Å². The van der Waals surface area contributed by atoms with Gasteiger partial charge in [0, 0.05) is 29.7 Å². The van der Waals surface area contributed by atoms with E-state index in [-0.39, 0.29) is 24.8 Å². The molecule has 2 rings (SSSR count). The maximum absolute atomic E-state index is 3.56. The largest absolute Gasteiger partial charge is 0.345 e. The van der Waals surface area contributed by atoms with Gasteiger partial charge in [-0.3, -0.25) is 0 Å². The molecule has 0 unspecified atom stereocenters. The number of hydrogen-bond acceptors (Lipinski definition) is 2. The third kappa shape index (κ3) is 5.47. The van der Waals surface area contributed by atoms with Crippen molar-refractivity contribution in [3.63, 3.8) is 0 Å². The Balaban J connectivity index is 0.00000220. The van der Waals surface area contributed by atoms with E-state index >= 15 is 0 Å². The second-order valence-corrected chi connectivity index (χ2v) is 6.01. The summed E-state index contributed by atoms with van der Waals surface area (Å²) in [5.74, 6) is 0. The molecule has 0 saturated carbocycles. The van der Waals surface area contributed by atoms with Crippen LogP contribution in [0.4, 0.5) is 0 Å². The predicted molar refractivity (Wildman–Crippen MR) is 102 cm³/mol. The lowest BCUT2D eigenvalue weighted by atomic mass is 10.2. The van der Waals surface area contributed by atoms with Gasteiger partial charge in [0.1, 0.15) is 0 Å². The molecule has 0 aliphatic heterocycles. The highest BCUT2D eigenvalue weighted by molar-refractivity contribution is 5.85. The summed E-state index contributed by atoms with van der Waals surface area (Å²) >= 11 is 0. The second-order valence-electron chi connectivity index (χ2n) is 6.01. The minimum atomic E-state index is 0. The zero-order valence-corrected chi connectivity index (χ0v) is 15.6. The van der Waals surface area contributed by atoms with E-state index in [2.05, 4.69) is 73.2 Å². The first-order chi connectivity index (χ1) is 9.59.